The van der Waals surface area contributed by atoms with Crippen LogP contribution in [0.25, 0.3) is 0 Å². The highest BCUT2D eigenvalue weighted by atomic mass is 16.6. The minimum Gasteiger partial charge on any atom is -0.489 e. The molecule has 1 amide bonds. The smallest absolute Gasteiger partial charge is 0.332 e. The number of aliphatic carboxylic acids is 1. The fourth-order valence-electron chi connectivity index (χ4n) is 2.08. The van der Waals surface area contributed by atoms with Crippen molar-refractivity contribution in [3.63, 3.8) is 0 Å². The van der Waals surface area contributed by atoms with E-state index < -0.39 is 12.1 Å². The number of para-hydroxylation sites is 2. The molecule has 0 aliphatic carbocycles. The van der Waals surface area contributed by atoms with Crippen molar-refractivity contribution < 1.29 is 24.2 Å². The Morgan fingerprint density at radius 2 is 2.15 bits per heavy atom. The zero-order chi connectivity index (χ0) is 14.5. The molecular weight excluding hydrogens is 262 g/mol. The van der Waals surface area contributed by atoms with Gasteiger partial charge in [-0.25, -0.2) is 4.79 Å². The van der Waals surface area contributed by atoms with Gasteiger partial charge in [0.15, 0.2) is 6.10 Å². The summed E-state index contributed by atoms with van der Waals surface area (Å²) < 4.78 is 11.0. The monoisotopic (exact) mass is 279 g/mol. The molecule has 0 radical (unpaired) electrons. The first kappa shape index (κ1) is 14.3. The Kier molecular flexibility index (Phi) is 4.57. The van der Waals surface area contributed by atoms with Gasteiger partial charge in [0.1, 0.15) is 12.4 Å². The molecule has 1 aromatic rings. The van der Waals surface area contributed by atoms with Gasteiger partial charge in [-0.2, -0.15) is 0 Å². The molecular formula is C14H17NO5. The number of anilines is 1. The van der Waals surface area contributed by atoms with Crippen LogP contribution >= 0.6 is 0 Å². The number of hydrogen-bond donors (Lipinski definition) is 2. The van der Waals surface area contributed by atoms with Crippen molar-refractivity contribution in [1.82, 2.24) is 0 Å². The molecule has 0 bridgehead atoms. The third-order valence-electron chi connectivity index (χ3n) is 3.01. The lowest BCUT2D eigenvalue weighted by molar-refractivity contribution is -0.149. The van der Waals surface area contributed by atoms with E-state index in [2.05, 4.69) is 5.32 Å². The van der Waals surface area contributed by atoms with E-state index in [-0.39, 0.29) is 18.6 Å². The van der Waals surface area contributed by atoms with Gasteiger partial charge in [0.05, 0.1) is 11.8 Å². The summed E-state index contributed by atoms with van der Waals surface area (Å²) in [5.74, 6) is -0.569. The Bertz CT molecular complexity index is 502. The van der Waals surface area contributed by atoms with E-state index in [1.807, 2.05) is 0 Å². The van der Waals surface area contributed by atoms with Crippen LogP contribution in [0.3, 0.4) is 0 Å². The molecule has 1 aromatic carbocycles. The van der Waals surface area contributed by atoms with E-state index in [9.17, 15) is 9.59 Å². The topological polar surface area (TPSA) is 84.9 Å². The number of carbonyl (C=O) groups excluding carboxylic acids is 1. The van der Waals surface area contributed by atoms with Crippen molar-refractivity contribution in [3.05, 3.63) is 24.3 Å². The first-order valence-corrected chi connectivity index (χ1v) is 6.44. The normalized spacial score (nSPS) is 21.4. The Balaban J connectivity index is 1.91. The molecule has 20 heavy (non-hydrogen) atoms. The third-order valence-corrected chi connectivity index (χ3v) is 3.01. The third kappa shape index (κ3) is 3.71. The first-order chi connectivity index (χ1) is 9.56. The van der Waals surface area contributed by atoms with Crippen molar-refractivity contribution in [2.24, 2.45) is 0 Å². The summed E-state index contributed by atoms with van der Waals surface area (Å²) in [5.41, 5.74) is 0.591. The Hall–Kier alpha value is -2.08. The minimum absolute atomic E-state index is 0.177. The molecule has 1 aliphatic heterocycles. The first-order valence-electron chi connectivity index (χ1n) is 6.44. The van der Waals surface area contributed by atoms with Crippen LogP contribution in [0.2, 0.25) is 0 Å². The summed E-state index contributed by atoms with van der Waals surface area (Å²) in [5, 5.41) is 11.5. The fourth-order valence-corrected chi connectivity index (χ4v) is 2.08. The summed E-state index contributed by atoms with van der Waals surface area (Å²) in [6.45, 7) is 1.69. The van der Waals surface area contributed by atoms with Gasteiger partial charge in [-0.05, 0) is 25.0 Å². The van der Waals surface area contributed by atoms with Crippen LogP contribution in [0.15, 0.2) is 24.3 Å². The molecule has 6 nitrogen and oxygen atoms in total. The predicted molar refractivity (Wildman–Crippen MR) is 71.8 cm³/mol. The van der Waals surface area contributed by atoms with Crippen molar-refractivity contribution >= 4 is 17.6 Å². The lowest BCUT2D eigenvalue weighted by atomic mass is 10.2. The molecule has 0 spiro atoms. The van der Waals surface area contributed by atoms with Crippen LogP contribution in [0.5, 0.6) is 5.75 Å². The molecule has 6 heteroatoms. The Morgan fingerprint density at radius 1 is 1.40 bits per heavy atom. The zero-order valence-corrected chi connectivity index (χ0v) is 11.2. The molecule has 1 saturated heterocycles. The molecule has 1 aliphatic rings. The summed E-state index contributed by atoms with van der Waals surface area (Å²) in [6.07, 6.45) is 0.173. The summed E-state index contributed by atoms with van der Waals surface area (Å²) >= 11 is 0. The van der Waals surface area contributed by atoms with Crippen molar-refractivity contribution in [2.75, 3.05) is 11.9 Å². The van der Waals surface area contributed by atoms with E-state index in [0.29, 0.717) is 24.3 Å². The van der Waals surface area contributed by atoms with Crippen LogP contribution in [-0.4, -0.2) is 35.8 Å². The Morgan fingerprint density at radius 3 is 2.80 bits per heavy atom. The second kappa shape index (κ2) is 6.38. The highest BCUT2D eigenvalue weighted by Crippen LogP contribution is 2.26. The van der Waals surface area contributed by atoms with Gasteiger partial charge in [-0.15, -0.1) is 0 Å². The molecule has 2 N–H and O–H groups in total. The van der Waals surface area contributed by atoms with Crippen LogP contribution < -0.4 is 10.1 Å². The number of ether oxygens (including phenoxy) is 2. The van der Waals surface area contributed by atoms with Gasteiger partial charge < -0.3 is 19.9 Å². The second-order valence-corrected chi connectivity index (χ2v) is 4.65. The van der Waals surface area contributed by atoms with E-state index in [1.54, 1.807) is 24.3 Å². The highest BCUT2D eigenvalue weighted by molar-refractivity contribution is 5.90. The average molecular weight is 279 g/mol. The summed E-state index contributed by atoms with van der Waals surface area (Å²) in [6, 6.07) is 7.09. The van der Waals surface area contributed by atoms with Gasteiger partial charge in [0.25, 0.3) is 0 Å². The molecule has 2 rings (SSSR count). The molecule has 0 aromatic heterocycles. The van der Waals surface area contributed by atoms with E-state index in [0.717, 1.165) is 0 Å². The number of hydrogen-bond acceptors (Lipinski definition) is 4. The standard InChI is InChI=1S/C14H17NO5/c1-9(16)15-11-4-2-3-5-12(11)19-8-10-6-7-13(20-10)14(17)18/h2-5,10,13H,6-8H2,1H3,(H,15,16)(H,17,18). The maximum absolute atomic E-state index is 11.1. The van der Waals surface area contributed by atoms with E-state index >= 15 is 0 Å². The van der Waals surface area contributed by atoms with Crippen molar-refractivity contribution in [3.8, 4) is 5.75 Å². The van der Waals surface area contributed by atoms with Gasteiger partial charge in [0, 0.05) is 6.92 Å². The van der Waals surface area contributed by atoms with Gasteiger partial charge in [-0.1, -0.05) is 12.1 Å². The van der Waals surface area contributed by atoms with E-state index in [4.69, 9.17) is 14.6 Å². The van der Waals surface area contributed by atoms with E-state index in [1.165, 1.54) is 6.92 Å². The highest BCUT2D eigenvalue weighted by Gasteiger charge is 2.30. The van der Waals surface area contributed by atoms with Crippen LogP contribution in [0, 0.1) is 0 Å². The summed E-state index contributed by atoms with van der Waals surface area (Å²) in [7, 11) is 0. The van der Waals surface area contributed by atoms with Gasteiger partial charge in [0.2, 0.25) is 5.91 Å². The zero-order valence-electron chi connectivity index (χ0n) is 11.2. The number of amides is 1. The van der Waals surface area contributed by atoms with Crippen LogP contribution in [0.4, 0.5) is 5.69 Å². The predicted octanol–water partition coefficient (Wildman–Crippen LogP) is 1.66. The second-order valence-electron chi connectivity index (χ2n) is 4.65. The fraction of sp³-hybridized carbons (Fsp3) is 0.429. The molecule has 108 valence electrons. The molecule has 1 fully saturated rings. The lowest BCUT2D eigenvalue weighted by Gasteiger charge is -2.15. The molecule has 0 saturated carbocycles. The average Bonchev–Trinajstić information content (AvgIpc) is 2.86. The van der Waals surface area contributed by atoms with Crippen LogP contribution in [-0.2, 0) is 14.3 Å². The quantitative estimate of drug-likeness (QED) is 0.856. The minimum atomic E-state index is -0.939. The number of rotatable bonds is 5. The maximum atomic E-state index is 11.1. The lowest BCUT2D eigenvalue weighted by Crippen LogP contribution is -2.23. The molecule has 1 heterocycles. The van der Waals surface area contributed by atoms with Crippen molar-refractivity contribution in [1.29, 1.82) is 0 Å². The summed E-state index contributed by atoms with van der Waals surface area (Å²) in [4.78, 5) is 21.9. The molecule has 2 unspecified atom stereocenters. The number of benzene rings is 1. The van der Waals surface area contributed by atoms with Gasteiger partial charge in [-0.3, -0.25) is 4.79 Å². The number of carboxylic acids is 1. The van der Waals surface area contributed by atoms with Crippen LogP contribution in [0.1, 0.15) is 19.8 Å². The number of carboxylic acid groups (broad SMARTS) is 1. The number of nitrogens with one attached hydrogen (secondary N) is 1. The number of carbonyl (C=O) groups is 2. The largest absolute Gasteiger partial charge is 0.489 e. The maximum Gasteiger partial charge on any atom is 0.332 e. The SMILES string of the molecule is CC(=O)Nc1ccccc1OCC1CCC(C(=O)O)O1. The molecule has 2 atom stereocenters. The van der Waals surface area contributed by atoms with Gasteiger partial charge >= 0.3 is 5.97 Å². The van der Waals surface area contributed by atoms with Crippen molar-refractivity contribution in [2.45, 2.75) is 32.0 Å². The Labute approximate surface area is 116 Å².